The molecule has 0 saturated heterocycles. The van der Waals surface area contributed by atoms with E-state index >= 15 is 0 Å². The van der Waals surface area contributed by atoms with Crippen molar-refractivity contribution in [3.63, 3.8) is 0 Å². The highest BCUT2D eigenvalue weighted by Gasteiger charge is 2.11. The number of fused-ring (bicyclic) bond motifs is 1. The molecule has 2 nitrogen and oxygen atoms in total. The van der Waals surface area contributed by atoms with Crippen LogP contribution in [0.4, 0.5) is 14.6 Å². The van der Waals surface area contributed by atoms with Crippen molar-refractivity contribution in [1.82, 2.24) is 4.98 Å². The minimum Gasteiger partial charge on any atom is -0.373 e. The number of nitrogens with zero attached hydrogens (tertiary/aromatic N) is 1. The molecular weight excluding hydrogens is 210 g/mol. The lowest BCUT2D eigenvalue weighted by molar-refractivity contribution is 0.515. The van der Waals surface area contributed by atoms with Crippen LogP contribution in [-0.4, -0.2) is 12.0 Å². The Labute approximate surface area is 92.3 Å². The highest BCUT2D eigenvalue weighted by atomic mass is 19.2. The zero-order valence-corrected chi connectivity index (χ0v) is 9.14. The van der Waals surface area contributed by atoms with Crippen LogP contribution in [0.5, 0.6) is 0 Å². The van der Waals surface area contributed by atoms with Gasteiger partial charge in [-0.15, -0.1) is 0 Å². The molecule has 84 valence electrons. The summed E-state index contributed by atoms with van der Waals surface area (Å²) in [5.74, 6) is -1.16. The van der Waals surface area contributed by atoms with Crippen molar-refractivity contribution < 1.29 is 8.78 Å². The van der Waals surface area contributed by atoms with Gasteiger partial charge in [0, 0.05) is 12.4 Å². The molecule has 0 bridgehead atoms. The van der Waals surface area contributed by atoms with Gasteiger partial charge < -0.3 is 5.32 Å². The Bertz CT molecular complexity index is 538. The highest BCUT2D eigenvalue weighted by molar-refractivity contribution is 5.82. The number of rotatable bonds is 2. The number of pyridine rings is 1. The monoisotopic (exact) mass is 222 g/mol. The summed E-state index contributed by atoms with van der Waals surface area (Å²) >= 11 is 0. The van der Waals surface area contributed by atoms with Crippen LogP contribution in [0.2, 0.25) is 0 Å². The molecule has 0 atom stereocenters. The van der Waals surface area contributed by atoms with Crippen LogP contribution in [0.15, 0.2) is 18.2 Å². The van der Waals surface area contributed by atoms with Crippen LogP contribution in [0.1, 0.15) is 12.5 Å². The number of aromatic nitrogens is 1. The van der Waals surface area contributed by atoms with Crippen LogP contribution in [-0.2, 0) is 6.42 Å². The quantitative estimate of drug-likeness (QED) is 0.844. The summed E-state index contributed by atoms with van der Waals surface area (Å²) in [5, 5.41) is 3.51. The number of aryl methyl sites for hydroxylation is 1. The van der Waals surface area contributed by atoms with Crippen LogP contribution in [0, 0.1) is 11.6 Å². The van der Waals surface area contributed by atoms with E-state index < -0.39 is 11.6 Å². The summed E-state index contributed by atoms with van der Waals surface area (Å²) in [6.45, 7) is 1.99. The van der Waals surface area contributed by atoms with E-state index in [4.69, 9.17) is 0 Å². The number of halogens is 2. The predicted molar refractivity (Wildman–Crippen MR) is 60.6 cm³/mol. The number of hydrogen-bond acceptors (Lipinski definition) is 2. The first-order chi connectivity index (χ1) is 7.67. The smallest absolute Gasteiger partial charge is 0.185 e. The van der Waals surface area contributed by atoms with Crippen molar-refractivity contribution in [1.29, 1.82) is 0 Å². The maximum Gasteiger partial charge on any atom is 0.185 e. The third-order valence-electron chi connectivity index (χ3n) is 2.58. The summed E-state index contributed by atoms with van der Waals surface area (Å²) in [6.07, 6.45) is 0.790. The van der Waals surface area contributed by atoms with Crippen LogP contribution < -0.4 is 5.32 Å². The third-order valence-corrected chi connectivity index (χ3v) is 2.58. The molecule has 1 heterocycles. The molecule has 0 saturated carbocycles. The van der Waals surface area contributed by atoms with E-state index in [1.165, 1.54) is 0 Å². The Balaban J connectivity index is 2.78. The lowest BCUT2D eigenvalue weighted by Gasteiger charge is -2.08. The Morgan fingerprint density at radius 2 is 2.06 bits per heavy atom. The van der Waals surface area contributed by atoms with Crippen molar-refractivity contribution in [2.75, 3.05) is 12.4 Å². The molecule has 16 heavy (non-hydrogen) atoms. The van der Waals surface area contributed by atoms with E-state index in [0.29, 0.717) is 11.2 Å². The van der Waals surface area contributed by atoms with Gasteiger partial charge in [0.2, 0.25) is 0 Å². The number of benzene rings is 1. The van der Waals surface area contributed by atoms with Gasteiger partial charge in [-0.1, -0.05) is 6.92 Å². The average molecular weight is 222 g/mol. The molecule has 1 N–H and O–H groups in total. The zero-order valence-electron chi connectivity index (χ0n) is 9.14. The van der Waals surface area contributed by atoms with Crippen molar-refractivity contribution in [3.8, 4) is 0 Å². The molecule has 0 fully saturated rings. The topological polar surface area (TPSA) is 24.9 Å². The van der Waals surface area contributed by atoms with Crippen molar-refractivity contribution >= 4 is 16.7 Å². The molecule has 1 aromatic heterocycles. The van der Waals surface area contributed by atoms with Crippen LogP contribution in [0.3, 0.4) is 0 Å². The first-order valence-electron chi connectivity index (χ1n) is 5.12. The van der Waals surface area contributed by atoms with Gasteiger partial charge in [-0.3, -0.25) is 0 Å². The first kappa shape index (κ1) is 10.8. The van der Waals surface area contributed by atoms with E-state index in [9.17, 15) is 8.78 Å². The third kappa shape index (κ3) is 1.60. The summed E-state index contributed by atoms with van der Waals surface area (Å²) in [4.78, 5) is 4.10. The van der Waals surface area contributed by atoms with Crippen molar-refractivity contribution in [2.45, 2.75) is 13.3 Å². The Hall–Kier alpha value is -1.71. The molecule has 0 spiro atoms. The minimum atomic E-state index is -0.892. The fourth-order valence-corrected chi connectivity index (χ4v) is 1.71. The van der Waals surface area contributed by atoms with Gasteiger partial charge >= 0.3 is 0 Å². The lowest BCUT2D eigenvalue weighted by atomic mass is 10.1. The molecule has 0 aliphatic rings. The van der Waals surface area contributed by atoms with Gasteiger partial charge in [0.25, 0.3) is 0 Å². The van der Waals surface area contributed by atoms with Gasteiger partial charge in [-0.2, -0.15) is 0 Å². The van der Waals surface area contributed by atoms with Gasteiger partial charge in [-0.25, -0.2) is 13.8 Å². The van der Waals surface area contributed by atoms with Gasteiger partial charge in [-0.05, 0) is 30.2 Å². The molecule has 2 aromatic rings. The molecule has 0 radical (unpaired) electrons. The minimum absolute atomic E-state index is 0.0709. The zero-order chi connectivity index (χ0) is 11.7. The van der Waals surface area contributed by atoms with Crippen molar-refractivity contribution in [3.05, 3.63) is 35.4 Å². The van der Waals surface area contributed by atoms with E-state index in [-0.39, 0.29) is 5.52 Å². The van der Waals surface area contributed by atoms with E-state index in [2.05, 4.69) is 10.3 Å². The normalized spacial score (nSPS) is 10.8. The molecule has 0 aliphatic carbocycles. The molecule has 0 amide bonds. The van der Waals surface area contributed by atoms with Crippen molar-refractivity contribution in [2.24, 2.45) is 0 Å². The van der Waals surface area contributed by atoms with E-state index in [1.807, 2.05) is 13.0 Å². The van der Waals surface area contributed by atoms with Crippen LogP contribution in [0.25, 0.3) is 10.9 Å². The van der Waals surface area contributed by atoms with E-state index in [0.717, 1.165) is 18.1 Å². The Morgan fingerprint density at radius 1 is 1.31 bits per heavy atom. The Kier molecular flexibility index (Phi) is 2.73. The molecule has 1 aromatic carbocycles. The average Bonchev–Trinajstić information content (AvgIpc) is 2.32. The second kappa shape index (κ2) is 4.04. The largest absolute Gasteiger partial charge is 0.373 e. The second-order valence-electron chi connectivity index (χ2n) is 3.53. The molecule has 4 heteroatoms. The fourth-order valence-electron chi connectivity index (χ4n) is 1.71. The number of hydrogen-bond donors (Lipinski definition) is 1. The molecule has 0 unspecified atom stereocenters. The standard InChI is InChI=1S/C12H12F2N2/c1-3-7-6-8-4-5-9(13)10(14)11(8)16-12(7)15-2/h4-6H,3H2,1-2H3,(H,15,16). The van der Waals surface area contributed by atoms with Gasteiger partial charge in [0.15, 0.2) is 11.6 Å². The predicted octanol–water partition coefficient (Wildman–Crippen LogP) is 3.12. The second-order valence-corrected chi connectivity index (χ2v) is 3.53. The van der Waals surface area contributed by atoms with Gasteiger partial charge in [0.05, 0.1) is 0 Å². The van der Waals surface area contributed by atoms with E-state index in [1.54, 1.807) is 13.1 Å². The maximum atomic E-state index is 13.5. The van der Waals surface area contributed by atoms with Gasteiger partial charge in [0.1, 0.15) is 11.3 Å². The molecular formula is C12H12F2N2. The van der Waals surface area contributed by atoms with Crippen LogP contribution >= 0.6 is 0 Å². The maximum absolute atomic E-state index is 13.5. The fraction of sp³-hybridized carbons (Fsp3) is 0.250. The summed E-state index contributed by atoms with van der Waals surface area (Å²) in [6, 6.07) is 4.49. The summed E-state index contributed by atoms with van der Waals surface area (Å²) in [7, 11) is 1.71. The molecule has 2 rings (SSSR count). The first-order valence-corrected chi connectivity index (χ1v) is 5.12. The SMILES string of the molecule is CCc1cc2ccc(F)c(F)c2nc1NC. The number of anilines is 1. The lowest BCUT2D eigenvalue weighted by Crippen LogP contribution is -2.00. The highest BCUT2D eigenvalue weighted by Crippen LogP contribution is 2.24. The summed E-state index contributed by atoms with van der Waals surface area (Å²) < 4.78 is 26.5. The number of nitrogens with one attached hydrogen (secondary N) is 1. The summed E-state index contributed by atoms with van der Waals surface area (Å²) in [5.41, 5.74) is 1.06. The Morgan fingerprint density at radius 3 is 2.69 bits per heavy atom. The molecule has 0 aliphatic heterocycles.